The molecule has 0 aromatic rings. The minimum Gasteiger partial charge on any atom is -0.447 e. The number of hydrogen-bond donors (Lipinski definition) is 1. The van der Waals surface area contributed by atoms with Gasteiger partial charge in [0.25, 0.3) is 0 Å². The fraction of sp³-hybridized carbons (Fsp3) is 0.917. The molecule has 2 rings (SSSR count). The molecule has 2 fully saturated rings. The Balaban J connectivity index is 1.52. The van der Waals surface area contributed by atoms with E-state index < -0.39 is 0 Å². The van der Waals surface area contributed by atoms with Gasteiger partial charge in [0, 0.05) is 39.4 Å². The molecule has 1 amide bonds. The summed E-state index contributed by atoms with van der Waals surface area (Å²) < 4.78 is 16.1. The van der Waals surface area contributed by atoms with Gasteiger partial charge in [0.2, 0.25) is 0 Å². The van der Waals surface area contributed by atoms with Gasteiger partial charge >= 0.3 is 6.09 Å². The number of hydrogen-bond acceptors (Lipinski definition) is 5. The van der Waals surface area contributed by atoms with Crippen LogP contribution in [-0.2, 0) is 14.2 Å². The first-order chi connectivity index (χ1) is 8.86. The fourth-order valence-corrected chi connectivity index (χ4v) is 2.13. The Morgan fingerprint density at radius 2 is 1.94 bits per heavy atom. The van der Waals surface area contributed by atoms with E-state index in [1.807, 2.05) is 0 Å². The van der Waals surface area contributed by atoms with E-state index in [0.29, 0.717) is 13.2 Å². The summed E-state index contributed by atoms with van der Waals surface area (Å²) in [4.78, 5) is 13.4. The summed E-state index contributed by atoms with van der Waals surface area (Å²) in [5.41, 5.74) is 0. The number of carbonyl (C=O) groups is 1. The molecule has 6 nitrogen and oxygen atoms in total. The summed E-state index contributed by atoms with van der Waals surface area (Å²) in [5, 5.41) is 3.19. The second kappa shape index (κ2) is 7.56. The monoisotopic (exact) mass is 258 g/mol. The van der Waals surface area contributed by atoms with Crippen molar-refractivity contribution in [2.75, 3.05) is 52.6 Å². The molecule has 2 heterocycles. The molecule has 0 radical (unpaired) electrons. The van der Waals surface area contributed by atoms with E-state index in [9.17, 15) is 4.79 Å². The van der Waals surface area contributed by atoms with Crippen LogP contribution in [0, 0.1) is 0 Å². The molecule has 0 spiro atoms. The zero-order chi connectivity index (χ0) is 12.6. The van der Waals surface area contributed by atoms with E-state index in [1.54, 1.807) is 4.90 Å². The van der Waals surface area contributed by atoms with Gasteiger partial charge in [0.1, 0.15) is 6.61 Å². The number of rotatable bonds is 4. The van der Waals surface area contributed by atoms with Crippen molar-refractivity contribution in [1.82, 2.24) is 10.2 Å². The number of carbonyl (C=O) groups excluding carboxylic acids is 1. The second-order valence-electron chi connectivity index (χ2n) is 4.53. The normalized spacial score (nSPS) is 21.9. The molecule has 0 unspecified atom stereocenters. The summed E-state index contributed by atoms with van der Waals surface area (Å²) in [6.07, 6.45) is 1.90. The molecule has 6 heteroatoms. The van der Waals surface area contributed by atoms with Gasteiger partial charge in [-0.15, -0.1) is 0 Å². The Labute approximate surface area is 108 Å². The summed E-state index contributed by atoms with van der Waals surface area (Å²) in [7, 11) is 0. The lowest BCUT2D eigenvalue weighted by atomic mass is 10.2. The largest absolute Gasteiger partial charge is 0.447 e. The molecular formula is C12H22N2O4. The quantitative estimate of drug-likeness (QED) is 0.731. The molecule has 2 aliphatic heterocycles. The molecule has 18 heavy (non-hydrogen) atoms. The number of amides is 1. The molecule has 1 N–H and O–H groups in total. The molecule has 0 aliphatic carbocycles. The van der Waals surface area contributed by atoms with Gasteiger partial charge in [0.15, 0.2) is 0 Å². The van der Waals surface area contributed by atoms with Gasteiger partial charge in [-0.3, -0.25) is 0 Å². The van der Waals surface area contributed by atoms with Crippen molar-refractivity contribution in [3.63, 3.8) is 0 Å². The Kier molecular flexibility index (Phi) is 5.70. The molecule has 0 saturated carbocycles. The average Bonchev–Trinajstić information content (AvgIpc) is 2.45. The number of piperazine rings is 1. The molecule has 104 valence electrons. The van der Waals surface area contributed by atoms with Crippen LogP contribution < -0.4 is 5.32 Å². The molecule has 0 aromatic carbocycles. The van der Waals surface area contributed by atoms with Crippen LogP contribution >= 0.6 is 0 Å². The zero-order valence-corrected chi connectivity index (χ0v) is 10.7. The van der Waals surface area contributed by atoms with E-state index in [2.05, 4.69) is 5.32 Å². The smallest absolute Gasteiger partial charge is 0.409 e. The highest BCUT2D eigenvalue weighted by Gasteiger charge is 2.18. The third kappa shape index (κ3) is 4.44. The number of ether oxygens (including phenoxy) is 3. The van der Waals surface area contributed by atoms with Crippen LogP contribution in [0.15, 0.2) is 0 Å². The van der Waals surface area contributed by atoms with Crippen LogP contribution in [0.5, 0.6) is 0 Å². The minimum absolute atomic E-state index is 0.230. The van der Waals surface area contributed by atoms with Gasteiger partial charge in [-0.05, 0) is 12.8 Å². The van der Waals surface area contributed by atoms with E-state index in [1.165, 1.54) is 0 Å². The summed E-state index contributed by atoms with van der Waals surface area (Å²) in [5.74, 6) is 0. The minimum atomic E-state index is -0.230. The van der Waals surface area contributed by atoms with Crippen molar-refractivity contribution in [2.45, 2.75) is 18.9 Å². The van der Waals surface area contributed by atoms with Crippen LogP contribution in [0.1, 0.15) is 12.8 Å². The lowest BCUT2D eigenvalue weighted by molar-refractivity contribution is -0.0443. The fourth-order valence-electron chi connectivity index (χ4n) is 2.13. The van der Waals surface area contributed by atoms with Crippen molar-refractivity contribution in [3.8, 4) is 0 Å². The lowest BCUT2D eigenvalue weighted by Gasteiger charge is -2.27. The van der Waals surface area contributed by atoms with Gasteiger partial charge in [-0.1, -0.05) is 0 Å². The Morgan fingerprint density at radius 1 is 1.22 bits per heavy atom. The van der Waals surface area contributed by atoms with Crippen molar-refractivity contribution < 1.29 is 19.0 Å². The predicted molar refractivity (Wildman–Crippen MR) is 65.6 cm³/mol. The number of nitrogens with zero attached hydrogens (tertiary/aromatic N) is 1. The molecule has 0 aromatic heterocycles. The van der Waals surface area contributed by atoms with E-state index >= 15 is 0 Å². The highest BCUT2D eigenvalue weighted by atomic mass is 16.6. The summed E-state index contributed by atoms with van der Waals surface area (Å²) >= 11 is 0. The highest BCUT2D eigenvalue weighted by Crippen LogP contribution is 2.10. The predicted octanol–water partition coefficient (Wildman–Crippen LogP) is 0.224. The van der Waals surface area contributed by atoms with Crippen molar-refractivity contribution in [2.24, 2.45) is 0 Å². The van der Waals surface area contributed by atoms with Crippen molar-refractivity contribution in [3.05, 3.63) is 0 Å². The van der Waals surface area contributed by atoms with Crippen LogP contribution in [0.2, 0.25) is 0 Å². The van der Waals surface area contributed by atoms with Crippen LogP contribution in [-0.4, -0.2) is 69.7 Å². The van der Waals surface area contributed by atoms with Crippen LogP contribution in [0.25, 0.3) is 0 Å². The SMILES string of the molecule is O=C(OCCOC1CCOCC1)N1CCNCC1. The molecule has 0 atom stereocenters. The first kappa shape index (κ1) is 13.6. The zero-order valence-electron chi connectivity index (χ0n) is 10.7. The molecule has 2 saturated heterocycles. The van der Waals surface area contributed by atoms with Crippen LogP contribution in [0.4, 0.5) is 4.79 Å². The Hall–Kier alpha value is -0.850. The van der Waals surface area contributed by atoms with E-state index in [-0.39, 0.29) is 12.2 Å². The van der Waals surface area contributed by atoms with Crippen molar-refractivity contribution >= 4 is 6.09 Å². The van der Waals surface area contributed by atoms with Gasteiger partial charge in [0.05, 0.1) is 12.7 Å². The van der Waals surface area contributed by atoms with Gasteiger partial charge in [-0.25, -0.2) is 4.79 Å². The Morgan fingerprint density at radius 3 is 2.67 bits per heavy atom. The standard InChI is InChI=1S/C12H22N2O4/c15-12(14-5-3-13-4-6-14)18-10-9-17-11-1-7-16-8-2-11/h11,13H,1-10H2. The van der Waals surface area contributed by atoms with Gasteiger partial charge in [-0.2, -0.15) is 0 Å². The number of nitrogens with one attached hydrogen (secondary N) is 1. The maximum Gasteiger partial charge on any atom is 0.409 e. The summed E-state index contributed by atoms with van der Waals surface area (Å²) in [6, 6.07) is 0. The second-order valence-corrected chi connectivity index (χ2v) is 4.53. The first-order valence-corrected chi connectivity index (χ1v) is 6.68. The Bertz CT molecular complexity index is 250. The average molecular weight is 258 g/mol. The van der Waals surface area contributed by atoms with Gasteiger partial charge < -0.3 is 24.4 Å². The molecule has 2 aliphatic rings. The maximum atomic E-state index is 11.6. The maximum absolute atomic E-state index is 11.6. The highest BCUT2D eigenvalue weighted by molar-refractivity contribution is 5.67. The summed E-state index contributed by atoms with van der Waals surface area (Å²) in [6.45, 7) is 5.47. The molecule has 0 bridgehead atoms. The third-order valence-electron chi connectivity index (χ3n) is 3.21. The third-order valence-corrected chi connectivity index (χ3v) is 3.21. The van der Waals surface area contributed by atoms with E-state index in [0.717, 1.165) is 52.2 Å². The lowest BCUT2D eigenvalue weighted by Crippen LogP contribution is -2.46. The van der Waals surface area contributed by atoms with E-state index in [4.69, 9.17) is 14.2 Å². The topological polar surface area (TPSA) is 60.0 Å². The van der Waals surface area contributed by atoms with Crippen molar-refractivity contribution in [1.29, 1.82) is 0 Å². The van der Waals surface area contributed by atoms with Crippen LogP contribution in [0.3, 0.4) is 0 Å². The molecular weight excluding hydrogens is 236 g/mol. The first-order valence-electron chi connectivity index (χ1n) is 6.68.